The fourth-order valence-corrected chi connectivity index (χ4v) is 6.43. The standard InChI is InChI=1S/C30H23BFN5O2S/c32-26-12-25-24-11-20(13-33)4-5-27(24)40-30(25)37(29(26)38)16-21-2-1-3-22(10-21)28-35-14-23(15-36-28)39-17-19-6-8-31(18-34)9-7-19/h1-5,10-12,14-15,19H,6-9,16-17H2. The summed E-state index contributed by atoms with van der Waals surface area (Å²) in [5.41, 5.74) is 1.37. The quantitative estimate of drug-likeness (QED) is 0.239. The van der Waals surface area contributed by atoms with E-state index in [1.165, 1.54) is 22.0 Å². The smallest absolute Gasteiger partial charge is 0.287 e. The molecule has 0 saturated carbocycles. The Morgan fingerprint density at radius 1 is 1.07 bits per heavy atom. The van der Waals surface area contributed by atoms with E-state index in [0.717, 1.165) is 46.7 Å². The van der Waals surface area contributed by atoms with Gasteiger partial charge in [0.15, 0.2) is 17.4 Å². The van der Waals surface area contributed by atoms with Gasteiger partial charge in [0.2, 0.25) is 0 Å². The molecule has 1 saturated heterocycles. The number of pyridine rings is 1. The normalized spacial score (nSPS) is 13.8. The van der Waals surface area contributed by atoms with Crippen LogP contribution in [0.25, 0.3) is 31.7 Å². The molecule has 3 aromatic heterocycles. The van der Waals surface area contributed by atoms with Gasteiger partial charge in [-0.1, -0.05) is 43.7 Å². The van der Waals surface area contributed by atoms with Gasteiger partial charge in [-0.15, -0.1) is 11.3 Å². The summed E-state index contributed by atoms with van der Waals surface area (Å²) in [5.74, 6) is 3.08. The van der Waals surface area contributed by atoms with Crippen molar-refractivity contribution < 1.29 is 9.13 Å². The van der Waals surface area contributed by atoms with E-state index in [-0.39, 0.29) is 13.3 Å². The van der Waals surface area contributed by atoms with E-state index in [4.69, 9.17) is 10.00 Å². The predicted octanol–water partition coefficient (Wildman–Crippen LogP) is 6.08. The highest BCUT2D eigenvalue weighted by molar-refractivity contribution is 7.25. The first-order chi connectivity index (χ1) is 19.5. The minimum atomic E-state index is -0.831. The van der Waals surface area contributed by atoms with Crippen LogP contribution in [-0.2, 0) is 6.54 Å². The molecule has 4 heterocycles. The Balaban J connectivity index is 1.22. The third-order valence-electron chi connectivity index (χ3n) is 7.47. The second kappa shape index (κ2) is 10.9. The average molecular weight is 547 g/mol. The number of aromatic nitrogens is 3. The van der Waals surface area contributed by atoms with Crippen LogP contribution in [0.3, 0.4) is 0 Å². The monoisotopic (exact) mass is 547 g/mol. The molecule has 0 N–H and O–H groups in total. The van der Waals surface area contributed by atoms with Crippen molar-refractivity contribution in [2.45, 2.75) is 32.0 Å². The molecule has 7 nitrogen and oxygen atoms in total. The zero-order chi connectivity index (χ0) is 27.6. The minimum Gasteiger partial charge on any atom is -0.490 e. The van der Waals surface area contributed by atoms with Crippen molar-refractivity contribution in [1.29, 1.82) is 10.5 Å². The molecule has 0 spiro atoms. The van der Waals surface area contributed by atoms with E-state index in [1.807, 2.05) is 30.3 Å². The van der Waals surface area contributed by atoms with E-state index in [9.17, 15) is 14.4 Å². The molecule has 1 aliphatic rings. The maximum Gasteiger partial charge on any atom is 0.287 e. The molecule has 0 radical (unpaired) electrons. The Morgan fingerprint density at radius 3 is 2.62 bits per heavy atom. The fourth-order valence-electron chi connectivity index (χ4n) is 5.27. The van der Waals surface area contributed by atoms with E-state index < -0.39 is 11.4 Å². The van der Waals surface area contributed by atoms with Gasteiger partial charge in [-0.05, 0) is 41.8 Å². The molecule has 6 rings (SSSR count). The number of rotatable bonds is 6. The van der Waals surface area contributed by atoms with Gasteiger partial charge >= 0.3 is 0 Å². The maximum atomic E-state index is 14.8. The second-order valence-corrected chi connectivity index (χ2v) is 11.2. The van der Waals surface area contributed by atoms with E-state index in [0.29, 0.717) is 39.9 Å². The van der Waals surface area contributed by atoms with Crippen molar-refractivity contribution in [1.82, 2.24) is 14.5 Å². The second-order valence-electron chi connectivity index (χ2n) is 10.1. The predicted molar refractivity (Wildman–Crippen MR) is 154 cm³/mol. The molecule has 0 amide bonds. The summed E-state index contributed by atoms with van der Waals surface area (Å²) in [7, 11) is 0. The lowest BCUT2D eigenvalue weighted by molar-refractivity contribution is 0.235. The van der Waals surface area contributed by atoms with Gasteiger partial charge in [-0.2, -0.15) is 5.26 Å². The van der Waals surface area contributed by atoms with Crippen molar-refractivity contribution in [3.8, 4) is 29.2 Å². The number of hydrogen-bond acceptors (Lipinski definition) is 7. The molecular weight excluding hydrogens is 524 g/mol. The highest BCUT2D eigenvalue weighted by atomic mass is 32.1. The van der Waals surface area contributed by atoms with Crippen LogP contribution in [0.1, 0.15) is 24.0 Å². The average Bonchev–Trinajstić information content (AvgIpc) is 3.36. The number of thiophene rings is 1. The Bertz CT molecular complexity index is 1860. The van der Waals surface area contributed by atoms with Gasteiger partial charge in [0, 0.05) is 27.0 Å². The molecular formula is C30H23BFN5O2S. The lowest BCUT2D eigenvalue weighted by Crippen LogP contribution is -2.23. The maximum absolute atomic E-state index is 14.8. The van der Waals surface area contributed by atoms with Crippen LogP contribution in [0.4, 0.5) is 4.39 Å². The number of ether oxygens (including phenoxy) is 1. The van der Waals surface area contributed by atoms with E-state index >= 15 is 0 Å². The number of nitrogens with zero attached hydrogens (tertiary/aromatic N) is 5. The molecule has 0 unspecified atom stereocenters. The first kappa shape index (κ1) is 25.7. The van der Waals surface area contributed by atoms with Crippen molar-refractivity contribution in [2.24, 2.45) is 5.92 Å². The summed E-state index contributed by atoms with van der Waals surface area (Å²) in [6, 6.07) is 16.2. The molecule has 1 aliphatic heterocycles. The Hall–Kier alpha value is -4.54. The highest BCUT2D eigenvalue weighted by Crippen LogP contribution is 2.34. The van der Waals surface area contributed by atoms with Crippen LogP contribution in [0.15, 0.2) is 65.7 Å². The van der Waals surface area contributed by atoms with Crippen molar-refractivity contribution in [3.63, 3.8) is 0 Å². The molecule has 5 aromatic rings. The van der Waals surface area contributed by atoms with Gasteiger partial charge in [0.25, 0.3) is 12.3 Å². The Labute approximate surface area is 234 Å². The summed E-state index contributed by atoms with van der Waals surface area (Å²) in [6.45, 7) is 0.930. The lowest BCUT2D eigenvalue weighted by Gasteiger charge is -2.23. The molecule has 1 fully saturated rings. The number of benzene rings is 2. The fraction of sp³-hybridized carbons (Fsp3) is 0.233. The summed E-state index contributed by atoms with van der Waals surface area (Å²) < 4.78 is 23.0. The van der Waals surface area contributed by atoms with Gasteiger partial charge in [0.1, 0.15) is 4.83 Å². The van der Waals surface area contributed by atoms with Crippen LogP contribution >= 0.6 is 11.3 Å². The number of halogens is 1. The van der Waals surface area contributed by atoms with Crippen molar-refractivity contribution in [2.75, 3.05) is 6.61 Å². The van der Waals surface area contributed by atoms with E-state index in [1.54, 1.807) is 24.5 Å². The molecule has 2 aromatic carbocycles. The third kappa shape index (κ3) is 5.06. The first-order valence-electron chi connectivity index (χ1n) is 13.1. The first-order valence-corrected chi connectivity index (χ1v) is 13.9. The van der Waals surface area contributed by atoms with Crippen LogP contribution in [-0.4, -0.2) is 27.9 Å². The number of hydrogen-bond donors (Lipinski definition) is 0. The minimum absolute atomic E-state index is 0.169. The summed E-state index contributed by atoms with van der Waals surface area (Å²) >= 11 is 1.40. The molecule has 0 aliphatic carbocycles. The zero-order valence-electron chi connectivity index (χ0n) is 21.5. The van der Waals surface area contributed by atoms with Crippen LogP contribution < -0.4 is 10.3 Å². The summed E-state index contributed by atoms with van der Waals surface area (Å²) in [4.78, 5) is 22.5. The van der Waals surface area contributed by atoms with Crippen molar-refractivity contribution >= 4 is 38.4 Å². The number of nitriles is 2. The SMILES string of the molecule is N#CB1CCC(COc2cnc(-c3cccc(Cn4c(=O)c(F)cc5c6cc(C#N)ccc6sc54)c3)nc2)CC1. The van der Waals surface area contributed by atoms with E-state index in [2.05, 4.69) is 22.0 Å². The van der Waals surface area contributed by atoms with Crippen molar-refractivity contribution in [3.05, 3.63) is 88.2 Å². The summed E-state index contributed by atoms with van der Waals surface area (Å²) in [5, 5.41) is 19.7. The van der Waals surface area contributed by atoms with Gasteiger partial charge in [-0.3, -0.25) is 9.36 Å². The van der Waals surface area contributed by atoms with Gasteiger partial charge in [-0.25, -0.2) is 19.6 Å². The Morgan fingerprint density at radius 2 is 1.88 bits per heavy atom. The zero-order valence-corrected chi connectivity index (χ0v) is 22.3. The molecule has 10 heteroatoms. The summed E-state index contributed by atoms with van der Waals surface area (Å²) in [6.07, 6.45) is 7.15. The van der Waals surface area contributed by atoms with Gasteiger partial charge in [0.05, 0.1) is 37.2 Å². The number of fused-ring (bicyclic) bond motifs is 3. The molecule has 196 valence electrons. The van der Waals surface area contributed by atoms with Crippen LogP contribution in [0, 0.1) is 34.3 Å². The largest absolute Gasteiger partial charge is 0.490 e. The lowest BCUT2D eigenvalue weighted by atomic mass is 9.42. The van der Waals surface area contributed by atoms with Crippen LogP contribution in [0.2, 0.25) is 12.6 Å². The molecule has 0 bridgehead atoms. The van der Waals surface area contributed by atoms with Gasteiger partial charge < -0.3 is 4.74 Å². The highest BCUT2D eigenvalue weighted by Gasteiger charge is 2.24. The topological polar surface area (TPSA) is 105 Å². The third-order valence-corrected chi connectivity index (χ3v) is 8.68. The molecule has 40 heavy (non-hydrogen) atoms. The molecule has 0 atom stereocenters. The van der Waals surface area contributed by atoms with Crippen LogP contribution in [0.5, 0.6) is 5.75 Å². The Kier molecular flexibility index (Phi) is 7.02.